The van der Waals surface area contributed by atoms with E-state index in [9.17, 15) is 0 Å². The molecule has 2 aromatic rings. The van der Waals surface area contributed by atoms with Crippen molar-refractivity contribution >= 4 is 30.0 Å². The van der Waals surface area contributed by atoms with Crippen LogP contribution in [0.3, 0.4) is 0 Å². The summed E-state index contributed by atoms with van der Waals surface area (Å²) in [4.78, 5) is 0. The minimum Gasteiger partial charge on any atom is -0.466 e. The van der Waals surface area contributed by atoms with Gasteiger partial charge in [0.1, 0.15) is 24.9 Å². The minimum absolute atomic E-state index is 0. The van der Waals surface area contributed by atoms with E-state index in [0.29, 0.717) is 12.5 Å². The van der Waals surface area contributed by atoms with Crippen molar-refractivity contribution in [3.05, 3.63) is 59.0 Å². The summed E-state index contributed by atoms with van der Waals surface area (Å²) in [5, 5.41) is 3.93. The Morgan fingerprint density at radius 2 is 2.05 bits per heavy atom. The molecule has 0 bridgehead atoms. The number of rotatable bonds is 3. The van der Waals surface area contributed by atoms with E-state index in [-0.39, 0.29) is 18.4 Å². The predicted molar refractivity (Wildman–Crippen MR) is 81.3 cm³/mol. The Bertz CT molecular complexity index is 593. The molecular weight excluding hydrogens is 297 g/mol. The van der Waals surface area contributed by atoms with E-state index in [0.717, 1.165) is 17.3 Å². The van der Waals surface area contributed by atoms with Crippen molar-refractivity contribution in [1.29, 1.82) is 0 Å². The SMILES string of the molecule is Cl.NC1=[N+](Cc2ccco2)C(c2ccc(Cl)cc2)CN1. The maximum absolute atomic E-state index is 6.02. The van der Waals surface area contributed by atoms with Crippen molar-refractivity contribution < 1.29 is 8.99 Å². The topological polar surface area (TPSA) is 54.2 Å². The average Bonchev–Trinajstić information content (AvgIpc) is 3.03. The molecule has 0 amide bonds. The third kappa shape index (κ3) is 2.92. The van der Waals surface area contributed by atoms with Crippen LogP contribution in [0.25, 0.3) is 0 Å². The molecule has 0 fully saturated rings. The first-order chi connectivity index (χ1) is 9.24. The van der Waals surface area contributed by atoms with Crippen molar-refractivity contribution in [1.82, 2.24) is 5.32 Å². The molecule has 1 atom stereocenters. The summed E-state index contributed by atoms with van der Waals surface area (Å²) in [6, 6.07) is 11.9. The molecule has 106 valence electrons. The van der Waals surface area contributed by atoms with Gasteiger partial charge in [0.2, 0.25) is 0 Å². The quantitative estimate of drug-likeness (QED) is 0.856. The number of guanidine groups is 1. The number of nitrogens with two attached hydrogens (primary N) is 1. The van der Waals surface area contributed by atoms with Crippen LogP contribution in [0.2, 0.25) is 5.02 Å². The monoisotopic (exact) mass is 312 g/mol. The molecule has 3 N–H and O–H groups in total. The zero-order valence-corrected chi connectivity index (χ0v) is 12.3. The van der Waals surface area contributed by atoms with Gasteiger partial charge in [-0.05, 0) is 29.8 Å². The predicted octanol–water partition coefficient (Wildman–Crippen LogP) is 2.53. The van der Waals surface area contributed by atoms with Gasteiger partial charge in [0, 0.05) is 5.02 Å². The molecule has 1 unspecified atom stereocenters. The Balaban J connectivity index is 0.00000147. The van der Waals surface area contributed by atoms with Crippen LogP contribution in [0.1, 0.15) is 17.4 Å². The fraction of sp³-hybridized carbons (Fsp3) is 0.214. The van der Waals surface area contributed by atoms with E-state index in [1.807, 2.05) is 36.4 Å². The average molecular weight is 313 g/mol. The van der Waals surface area contributed by atoms with Gasteiger partial charge in [0.15, 0.2) is 0 Å². The van der Waals surface area contributed by atoms with Crippen LogP contribution in [-0.4, -0.2) is 17.1 Å². The van der Waals surface area contributed by atoms with Crippen LogP contribution in [0, 0.1) is 0 Å². The number of nitrogens with zero attached hydrogens (tertiary/aromatic N) is 1. The molecule has 0 aliphatic carbocycles. The Morgan fingerprint density at radius 1 is 1.30 bits per heavy atom. The first-order valence-corrected chi connectivity index (χ1v) is 6.52. The highest BCUT2D eigenvalue weighted by atomic mass is 35.5. The van der Waals surface area contributed by atoms with Crippen molar-refractivity contribution in [3.63, 3.8) is 0 Å². The van der Waals surface area contributed by atoms with Crippen LogP contribution in [0.15, 0.2) is 47.1 Å². The number of benzene rings is 1. The smallest absolute Gasteiger partial charge is 0.344 e. The first-order valence-electron chi connectivity index (χ1n) is 6.15. The van der Waals surface area contributed by atoms with Gasteiger partial charge in [0.25, 0.3) is 0 Å². The zero-order valence-electron chi connectivity index (χ0n) is 10.8. The van der Waals surface area contributed by atoms with Crippen LogP contribution in [0.5, 0.6) is 0 Å². The third-order valence-electron chi connectivity index (χ3n) is 3.32. The molecule has 4 nitrogen and oxygen atoms in total. The molecule has 2 heterocycles. The molecule has 6 heteroatoms. The van der Waals surface area contributed by atoms with Gasteiger partial charge in [-0.3, -0.25) is 11.1 Å². The Morgan fingerprint density at radius 3 is 2.70 bits per heavy atom. The van der Waals surface area contributed by atoms with Crippen molar-refractivity contribution in [2.75, 3.05) is 6.54 Å². The minimum atomic E-state index is 0. The van der Waals surface area contributed by atoms with E-state index < -0.39 is 0 Å². The second kappa shape index (κ2) is 6.20. The van der Waals surface area contributed by atoms with Crippen molar-refractivity contribution in [2.45, 2.75) is 12.6 Å². The highest BCUT2D eigenvalue weighted by molar-refractivity contribution is 6.30. The molecular formula is C14H16Cl2N3O+. The largest absolute Gasteiger partial charge is 0.466 e. The summed E-state index contributed by atoms with van der Waals surface area (Å²) in [5.41, 5.74) is 7.20. The molecule has 1 aromatic heterocycles. The number of halogens is 2. The van der Waals surface area contributed by atoms with Gasteiger partial charge in [-0.1, -0.05) is 23.7 Å². The second-order valence-electron chi connectivity index (χ2n) is 4.54. The van der Waals surface area contributed by atoms with Crippen LogP contribution < -0.4 is 11.1 Å². The van der Waals surface area contributed by atoms with Gasteiger partial charge in [-0.15, -0.1) is 12.4 Å². The number of hydrogen-bond acceptors (Lipinski definition) is 3. The molecule has 0 saturated heterocycles. The lowest BCUT2D eigenvalue weighted by molar-refractivity contribution is -0.580. The summed E-state index contributed by atoms with van der Waals surface area (Å²) in [7, 11) is 0. The summed E-state index contributed by atoms with van der Waals surface area (Å²) < 4.78 is 7.49. The molecule has 0 radical (unpaired) electrons. The van der Waals surface area contributed by atoms with Gasteiger partial charge >= 0.3 is 5.96 Å². The lowest BCUT2D eigenvalue weighted by Gasteiger charge is -2.13. The molecule has 0 saturated carbocycles. The molecule has 1 aliphatic rings. The van der Waals surface area contributed by atoms with E-state index >= 15 is 0 Å². The summed E-state index contributed by atoms with van der Waals surface area (Å²) in [6.07, 6.45) is 1.67. The summed E-state index contributed by atoms with van der Waals surface area (Å²) in [6.45, 7) is 1.44. The Hall–Kier alpha value is -1.65. The molecule has 20 heavy (non-hydrogen) atoms. The maximum atomic E-state index is 6.02. The van der Waals surface area contributed by atoms with Gasteiger partial charge < -0.3 is 4.42 Å². The van der Waals surface area contributed by atoms with Crippen molar-refractivity contribution in [3.8, 4) is 0 Å². The number of nitrogens with one attached hydrogen (secondary N) is 1. The van der Waals surface area contributed by atoms with E-state index in [1.54, 1.807) is 6.26 Å². The Kier molecular flexibility index (Phi) is 4.57. The second-order valence-corrected chi connectivity index (χ2v) is 4.98. The van der Waals surface area contributed by atoms with Crippen LogP contribution in [-0.2, 0) is 6.54 Å². The standard InChI is InChI=1S/C14H14ClN3O.ClH/c15-11-5-3-10(4-6-11)13-8-17-14(16)18(13)9-12-2-1-7-19-12;/h1-7,13H,8-9H2,(H2,16,17);1H/p+1. The van der Waals surface area contributed by atoms with E-state index in [1.165, 1.54) is 5.56 Å². The molecule has 0 spiro atoms. The van der Waals surface area contributed by atoms with E-state index in [4.69, 9.17) is 21.8 Å². The lowest BCUT2D eigenvalue weighted by Crippen LogP contribution is -2.31. The molecule has 1 aliphatic heterocycles. The molecule has 1 aromatic carbocycles. The van der Waals surface area contributed by atoms with Gasteiger partial charge in [0.05, 0.1) is 6.26 Å². The fourth-order valence-corrected chi connectivity index (χ4v) is 2.46. The van der Waals surface area contributed by atoms with Crippen LogP contribution in [0.4, 0.5) is 0 Å². The lowest BCUT2D eigenvalue weighted by atomic mass is 10.1. The highest BCUT2D eigenvalue weighted by Gasteiger charge is 2.30. The third-order valence-corrected chi connectivity index (χ3v) is 3.58. The van der Waals surface area contributed by atoms with Gasteiger partial charge in [-0.25, -0.2) is 4.58 Å². The zero-order chi connectivity index (χ0) is 13.2. The van der Waals surface area contributed by atoms with E-state index in [2.05, 4.69) is 9.89 Å². The van der Waals surface area contributed by atoms with Gasteiger partial charge in [-0.2, -0.15) is 0 Å². The fourth-order valence-electron chi connectivity index (χ4n) is 2.33. The van der Waals surface area contributed by atoms with Crippen LogP contribution >= 0.6 is 24.0 Å². The maximum Gasteiger partial charge on any atom is 0.344 e. The van der Waals surface area contributed by atoms with Crippen molar-refractivity contribution in [2.24, 2.45) is 5.73 Å². The molecule has 3 rings (SSSR count). The highest BCUT2D eigenvalue weighted by Crippen LogP contribution is 2.23. The summed E-state index contributed by atoms with van der Waals surface area (Å²) >= 11 is 5.92. The summed E-state index contributed by atoms with van der Waals surface area (Å²) in [5.74, 6) is 1.57. The number of hydrogen-bond donors (Lipinski definition) is 2. The Labute approximate surface area is 128 Å². The normalized spacial score (nSPS) is 17.8. The first kappa shape index (κ1) is 14.8. The number of furan rings is 1.